The highest BCUT2D eigenvalue weighted by Gasteiger charge is 2.31. The van der Waals surface area contributed by atoms with Crippen LogP contribution < -0.4 is 5.32 Å². The molecule has 20 heavy (non-hydrogen) atoms. The first kappa shape index (κ1) is 15.7. The monoisotopic (exact) mass is 284 g/mol. The quantitative estimate of drug-likeness (QED) is 0.675. The molecule has 0 aromatic carbocycles. The molecule has 1 saturated carbocycles. The van der Waals surface area contributed by atoms with E-state index in [0.29, 0.717) is 18.6 Å². The summed E-state index contributed by atoms with van der Waals surface area (Å²) in [7, 11) is 1.77. The summed E-state index contributed by atoms with van der Waals surface area (Å²) in [4.78, 5) is 14.4. The molecule has 0 aromatic heterocycles. The number of ether oxygens (including phenoxy) is 2. The Balaban J connectivity index is 1.77. The Hall–Kier alpha value is -0.650. The zero-order valence-electron chi connectivity index (χ0n) is 12.8. The maximum atomic E-state index is 12.0. The van der Waals surface area contributed by atoms with E-state index in [-0.39, 0.29) is 12.0 Å². The summed E-state index contributed by atoms with van der Waals surface area (Å²) < 4.78 is 10.4. The van der Waals surface area contributed by atoms with Crippen LogP contribution in [0.2, 0.25) is 0 Å². The number of methoxy groups -OCH3 is 1. The van der Waals surface area contributed by atoms with Gasteiger partial charge in [-0.25, -0.2) is 0 Å². The fraction of sp³-hybridized carbons (Fsp3) is 0.933. The lowest BCUT2D eigenvalue weighted by Crippen LogP contribution is -2.49. The predicted octanol–water partition coefficient (Wildman–Crippen LogP) is 1.03. The first-order chi connectivity index (χ1) is 9.72. The standard InChI is InChI=1S/C15H28N2O3/c1-3-20-15(18)14(16-13-4-5-13)10-17-8-6-12(7-9-17)11-19-2/h12-14,16H,3-11H2,1-2H3. The lowest BCUT2D eigenvalue weighted by atomic mass is 9.97. The predicted molar refractivity (Wildman–Crippen MR) is 77.6 cm³/mol. The van der Waals surface area contributed by atoms with Gasteiger partial charge in [-0.3, -0.25) is 4.79 Å². The molecule has 1 saturated heterocycles. The second kappa shape index (κ2) is 7.96. The lowest BCUT2D eigenvalue weighted by Gasteiger charge is -2.33. The van der Waals surface area contributed by atoms with Crippen molar-refractivity contribution in [3.05, 3.63) is 0 Å². The molecule has 0 amide bonds. The minimum absolute atomic E-state index is 0.0987. The number of rotatable bonds is 8. The van der Waals surface area contributed by atoms with Gasteiger partial charge in [-0.05, 0) is 51.6 Å². The number of hydrogen-bond acceptors (Lipinski definition) is 5. The Labute approximate surface area is 122 Å². The summed E-state index contributed by atoms with van der Waals surface area (Å²) in [5.74, 6) is 0.576. The molecule has 1 aliphatic carbocycles. The molecule has 0 spiro atoms. The Morgan fingerprint density at radius 3 is 2.55 bits per heavy atom. The summed E-state index contributed by atoms with van der Waals surface area (Å²) in [6.45, 7) is 6.05. The third-order valence-electron chi connectivity index (χ3n) is 4.14. The first-order valence-corrected chi connectivity index (χ1v) is 7.87. The van der Waals surface area contributed by atoms with E-state index in [1.54, 1.807) is 7.11 Å². The van der Waals surface area contributed by atoms with Crippen molar-refractivity contribution < 1.29 is 14.3 Å². The normalized spacial score (nSPS) is 22.7. The first-order valence-electron chi connectivity index (χ1n) is 7.87. The highest BCUT2D eigenvalue weighted by atomic mass is 16.5. The summed E-state index contributed by atoms with van der Waals surface area (Å²) >= 11 is 0. The Bertz CT molecular complexity index is 299. The second-order valence-corrected chi connectivity index (χ2v) is 5.94. The van der Waals surface area contributed by atoms with Crippen LogP contribution in [-0.4, -0.2) is 62.9 Å². The van der Waals surface area contributed by atoms with Crippen LogP contribution in [-0.2, 0) is 14.3 Å². The summed E-state index contributed by atoms with van der Waals surface area (Å²) in [6.07, 6.45) is 4.69. The van der Waals surface area contributed by atoms with Crippen LogP contribution in [0.25, 0.3) is 0 Å². The number of carbonyl (C=O) groups is 1. The number of likely N-dealkylation sites (tertiary alicyclic amines) is 1. The Morgan fingerprint density at radius 1 is 1.30 bits per heavy atom. The van der Waals surface area contributed by atoms with Gasteiger partial charge in [0.25, 0.3) is 0 Å². The molecule has 5 nitrogen and oxygen atoms in total. The van der Waals surface area contributed by atoms with Crippen LogP contribution in [0.1, 0.15) is 32.6 Å². The zero-order chi connectivity index (χ0) is 14.4. The van der Waals surface area contributed by atoms with Gasteiger partial charge in [0.15, 0.2) is 0 Å². The van der Waals surface area contributed by atoms with Crippen LogP contribution in [0.15, 0.2) is 0 Å². The van der Waals surface area contributed by atoms with Crippen molar-refractivity contribution >= 4 is 5.97 Å². The van der Waals surface area contributed by atoms with Crippen LogP contribution in [0, 0.1) is 5.92 Å². The molecule has 0 aromatic rings. The van der Waals surface area contributed by atoms with Gasteiger partial charge in [0.05, 0.1) is 6.61 Å². The van der Waals surface area contributed by atoms with Gasteiger partial charge < -0.3 is 19.7 Å². The molecule has 116 valence electrons. The van der Waals surface area contributed by atoms with E-state index in [1.165, 1.54) is 12.8 Å². The molecule has 0 radical (unpaired) electrons. The van der Waals surface area contributed by atoms with Gasteiger partial charge >= 0.3 is 5.97 Å². The highest BCUT2D eigenvalue weighted by Crippen LogP contribution is 2.21. The minimum Gasteiger partial charge on any atom is -0.465 e. The van der Waals surface area contributed by atoms with Gasteiger partial charge in [0, 0.05) is 26.3 Å². The summed E-state index contributed by atoms with van der Waals surface area (Å²) in [6, 6.07) is 0.358. The van der Waals surface area contributed by atoms with Crippen LogP contribution in [0.5, 0.6) is 0 Å². The van der Waals surface area contributed by atoms with E-state index in [4.69, 9.17) is 9.47 Å². The molecule has 1 heterocycles. The molecule has 1 aliphatic heterocycles. The van der Waals surface area contributed by atoms with Crippen molar-refractivity contribution in [2.75, 3.05) is 40.0 Å². The van der Waals surface area contributed by atoms with Crippen molar-refractivity contribution in [2.45, 2.75) is 44.7 Å². The number of esters is 1. The molecule has 2 aliphatic rings. The average Bonchev–Trinajstić information content (AvgIpc) is 3.25. The van der Waals surface area contributed by atoms with Gasteiger partial charge in [0.1, 0.15) is 6.04 Å². The van der Waals surface area contributed by atoms with Crippen LogP contribution >= 0.6 is 0 Å². The summed E-state index contributed by atoms with van der Waals surface area (Å²) in [5.41, 5.74) is 0. The zero-order valence-corrected chi connectivity index (χ0v) is 12.8. The molecule has 2 rings (SSSR count). The van der Waals surface area contributed by atoms with E-state index >= 15 is 0 Å². The molecule has 1 atom stereocenters. The average molecular weight is 284 g/mol. The second-order valence-electron chi connectivity index (χ2n) is 5.94. The molecular formula is C15H28N2O3. The summed E-state index contributed by atoms with van der Waals surface area (Å²) in [5, 5.41) is 3.42. The molecule has 0 bridgehead atoms. The fourth-order valence-electron chi connectivity index (χ4n) is 2.80. The van der Waals surface area contributed by atoms with Crippen molar-refractivity contribution in [2.24, 2.45) is 5.92 Å². The third-order valence-corrected chi connectivity index (χ3v) is 4.14. The van der Waals surface area contributed by atoms with Crippen LogP contribution in [0.3, 0.4) is 0 Å². The van der Waals surface area contributed by atoms with E-state index in [9.17, 15) is 4.79 Å². The topological polar surface area (TPSA) is 50.8 Å². The molecule has 1 N–H and O–H groups in total. The smallest absolute Gasteiger partial charge is 0.324 e. The lowest BCUT2D eigenvalue weighted by molar-refractivity contribution is -0.146. The van der Waals surface area contributed by atoms with Gasteiger partial charge in [-0.15, -0.1) is 0 Å². The largest absolute Gasteiger partial charge is 0.465 e. The van der Waals surface area contributed by atoms with Crippen molar-refractivity contribution in [1.82, 2.24) is 10.2 Å². The Morgan fingerprint density at radius 2 is 2.00 bits per heavy atom. The number of carbonyl (C=O) groups excluding carboxylic acids is 1. The molecular weight excluding hydrogens is 256 g/mol. The van der Waals surface area contributed by atoms with Crippen LogP contribution in [0.4, 0.5) is 0 Å². The van der Waals surface area contributed by atoms with Crippen molar-refractivity contribution in [3.8, 4) is 0 Å². The van der Waals surface area contributed by atoms with E-state index in [2.05, 4.69) is 10.2 Å². The van der Waals surface area contributed by atoms with E-state index in [0.717, 1.165) is 39.1 Å². The number of nitrogens with one attached hydrogen (secondary N) is 1. The number of nitrogens with zero attached hydrogens (tertiary/aromatic N) is 1. The Kier molecular flexibility index (Phi) is 6.26. The molecule has 1 unspecified atom stereocenters. The SMILES string of the molecule is CCOC(=O)C(CN1CCC(COC)CC1)NC1CC1. The van der Waals surface area contributed by atoms with E-state index in [1.807, 2.05) is 6.92 Å². The molecule has 5 heteroatoms. The number of hydrogen-bond donors (Lipinski definition) is 1. The fourth-order valence-corrected chi connectivity index (χ4v) is 2.80. The van der Waals surface area contributed by atoms with Gasteiger partial charge in [-0.1, -0.05) is 0 Å². The molecule has 2 fully saturated rings. The van der Waals surface area contributed by atoms with Crippen molar-refractivity contribution in [1.29, 1.82) is 0 Å². The maximum Gasteiger partial charge on any atom is 0.324 e. The highest BCUT2D eigenvalue weighted by molar-refractivity contribution is 5.76. The minimum atomic E-state index is -0.165. The van der Waals surface area contributed by atoms with Gasteiger partial charge in [0.2, 0.25) is 0 Å². The van der Waals surface area contributed by atoms with Gasteiger partial charge in [-0.2, -0.15) is 0 Å². The van der Waals surface area contributed by atoms with E-state index < -0.39 is 0 Å². The van der Waals surface area contributed by atoms with Crippen molar-refractivity contribution in [3.63, 3.8) is 0 Å². The number of piperidine rings is 1. The third kappa shape index (κ3) is 5.04. The maximum absolute atomic E-state index is 12.0.